The van der Waals surface area contributed by atoms with Crippen molar-refractivity contribution in [3.8, 4) is 56.4 Å². The van der Waals surface area contributed by atoms with Gasteiger partial charge in [0, 0.05) is 49.6 Å². The first-order chi connectivity index (χ1) is 29.7. The topological polar surface area (TPSA) is 35.6 Å². The van der Waals surface area contributed by atoms with Gasteiger partial charge in [-0.25, -0.2) is 9.97 Å². The fourth-order valence-electron chi connectivity index (χ4n) is 9.02. The molecule has 280 valence electrons. The first-order valence-corrected chi connectivity index (χ1v) is 20.4. The summed E-state index contributed by atoms with van der Waals surface area (Å²) >= 11 is 0. The van der Waals surface area contributed by atoms with E-state index in [0.717, 1.165) is 39.5 Å². The van der Waals surface area contributed by atoms with E-state index in [4.69, 9.17) is 9.97 Å². The number of rotatable bonds is 6. The number of para-hydroxylation sites is 2. The van der Waals surface area contributed by atoms with Crippen molar-refractivity contribution in [2.24, 2.45) is 0 Å². The Balaban J connectivity index is 1.00. The zero-order valence-electron chi connectivity index (χ0n) is 32.6. The van der Waals surface area contributed by atoms with Crippen molar-refractivity contribution in [2.45, 2.75) is 0 Å². The molecule has 12 aromatic rings. The summed E-state index contributed by atoms with van der Waals surface area (Å²) in [5.74, 6) is 0.710. The molecule has 0 aliphatic carbocycles. The molecule has 0 unspecified atom stereocenters. The van der Waals surface area contributed by atoms with Crippen LogP contribution in [0.15, 0.2) is 218 Å². The Bertz CT molecular complexity index is 3510. The lowest BCUT2D eigenvalue weighted by Gasteiger charge is -2.12. The lowest BCUT2D eigenvalue weighted by atomic mass is 10.00. The van der Waals surface area contributed by atoms with E-state index < -0.39 is 0 Å². The molecule has 0 aliphatic heterocycles. The van der Waals surface area contributed by atoms with E-state index in [-0.39, 0.29) is 0 Å². The minimum absolute atomic E-state index is 0.710. The van der Waals surface area contributed by atoms with Crippen LogP contribution in [0.5, 0.6) is 0 Å². The van der Waals surface area contributed by atoms with Crippen LogP contribution in [-0.4, -0.2) is 19.1 Å². The van der Waals surface area contributed by atoms with Crippen molar-refractivity contribution < 1.29 is 0 Å². The molecule has 0 N–H and O–H groups in total. The second-order valence-electron chi connectivity index (χ2n) is 15.4. The quantitative estimate of drug-likeness (QED) is 0.169. The molecular formula is C56H36N4. The average Bonchev–Trinajstić information content (AvgIpc) is 3.83. The SMILES string of the molecule is c1ccc(-c2cc(-c3ccc(-n4c5ccc(-c6ccc7c(c6)c6ccccc6n7-c6ccccc6)cc5c5cc6ccccc6cc54)cc3)nc(-c3ccccc3)n2)cc1. The lowest BCUT2D eigenvalue weighted by Crippen LogP contribution is -1.97. The second kappa shape index (κ2) is 13.8. The van der Waals surface area contributed by atoms with Crippen LogP contribution in [0.25, 0.3) is 111 Å². The van der Waals surface area contributed by atoms with Gasteiger partial charge in [0.15, 0.2) is 5.82 Å². The minimum Gasteiger partial charge on any atom is -0.309 e. The van der Waals surface area contributed by atoms with Crippen LogP contribution in [-0.2, 0) is 0 Å². The van der Waals surface area contributed by atoms with E-state index in [1.54, 1.807) is 0 Å². The molecule has 3 aromatic heterocycles. The first-order valence-electron chi connectivity index (χ1n) is 20.4. The zero-order valence-corrected chi connectivity index (χ0v) is 32.6. The number of hydrogen-bond acceptors (Lipinski definition) is 2. The van der Waals surface area contributed by atoms with Crippen molar-refractivity contribution in [1.29, 1.82) is 0 Å². The number of benzene rings is 9. The maximum atomic E-state index is 5.10. The van der Waals surface area contributed by atoms with Crippen LogP contribution in [0.3, 0.4) is 0 Å². The van der Waals surface area contributed by atoms with Gasteiger partial charge in [-0.3, -0.25) is 0 Å². The Morgan fingerprint density at radius 1 is 0.267 bits per heavy atom. The number of hydrogen-bond donors (Lipinski definition) is 0. The van der Waals surface area contributed by atoms with Crippen molar-refractivity contribution in [2.75, 3.05) is 0 Å². The molecule has 0 atom stereocenters. The molecule has 0 aliphatic rings. The second-order valence-corrected chi connectivity index (χ2v) is 15.4. The molecule has 60 heavy (non-hydrogen) atoms. The summed E-state index contributed by atoms with van der Waals surface area (Å²) < 4.78 is 4.78. The van der Waals surface area contributed by atoms with Gasteiger partial charge in [-0.2, -0.15) is 0 Å². The van der Waals surface area contributed by atoms with Crippen molar-refractivity contribution in [1.82, 2.24) is 19.1 Å². The van der Waals surface area contributed by atoms with Gasteiger partial charge in [-0.1, -0.05) is 146 Å². The van der Waals surface area contributed by atoms with Gasteiger partial charge in [0.2, 0.25) is 0 Å². The third-order valence-corrected chi connectivity index (χ3v) is 11.9. The van der Waals surface area contributed by atoms with Gasteiger partial charge < -0.3 is 9.13 Å². The third kappa shape index (κ3) is 5.61. The van der Waals surface area contributed by atoms with Crippen LogP contribution in [0, 0.1) is 0 Å². The number of fused-ring (bicyclic) bond motifs is 7. The predicted octanol–water partition coefficient (Wildman–Crippen LogP) is 14.5. The highest BCUT2D eigenvalue weighted by Crippen LogP contribution is 2.40. The van der Waals surface area contributed by atoms with Gasteiger partial charge in [0.1, 0.15) is 0 Å². The van der Waals surface area contributed by atoms with E-state index in [1.165, 1.54) is 65.5 Å². The van der Waals surface area contributed by atoms with Crippen LogP contribution < -0.4 is 0 Å². The number of nitrogens with zero attached hydrogens (tertiary/aromatic N) is 4. The zero-order chi connectivity index (χ0) is 39.6. The van der Waals surface area contributed by atoms with E-state index in [0.29, 0.717) is 5.82 Å². The third-order valence-electron chi connectivity index (χ3n) is 11.9. The fraction of sp³-hybridized carbons (Fsp3) is 0. The normalized spacial score (nSPS) is 11.7. The van der Waals surface area contributed by atoms with Crippen molar-refractivity contribution >= 4 is 54.4 Å². The van der Waals surface area contributed by atoms with E-state index in [2.05, 4.69) is 203 Å². The largest absolute Gasteiger partial charge is 0.309 e. The highest BCUT2D eigenvalue weighted by Gasteiger charge is 2.18. The highest BCUT2D eigenvalue weighted by molar-refractivity contribution is 6.15. The molecule has 4 nitrogen and oxygen atoms in total. The van der Waals surface area contributed by atoms with E-state index >= 15 is 0 Å². The molecular weight excluding hydrogens is 729 g/mol. The Morgan fingerprint density at radius 2 is 0.717 bits per heavy atom. The van der Waals surface area contributed by atoms with Gasteiger partial charge in [-0.05, 0) is 94.7 Å². The van der Waals surface area contributed by atoms with Gasteiger partial charge >= 0.3 is 0 Å². The predicted molar refractivity (Wildman–Crippen MR) is 250 cm³/mol. The molecule has 0 bridgehead atoms. The summed E-state index contributed by atoms with van der Waals surface area (Å²) in [7, 11) is 0. The van der Waals surface area contributed by atoms with Crippen LogP contribution in [0.4, 0.5) is 0 Å². The summed E-state index contributed by atoms with van der Waals surface area (Å²) in [4.78, 5) is 10.1. The molecule has 12 rings (SSSR count). The Morgan fingerprint density at radius 3 is 1.38 bits per heavy atom. The molecule has 0 saturated heterocycles. The molecule has 0 radical (unpaired) electrons. The van der Waals surface area contributed by atoms with Crippen LogP contribution in [0.1, 0.15) is 0 Å². The fourth-order valence-corrected chi connectivity index (χ4v) is 9.02. The molecule has 0 amide bonds. The lowest BCUT2D eigenvalue weighted by molar-refractivity contribution is 1.17. The van der Waals surface area contributed by atoms with Crippen molar-refractivity contribution in [3.63, 3.8) is 0 Å². The summed E-state index contributed by atoms with van der Waals surface area (Å²) in [6, 6.07) is 78.1. The maximum Gasteiger partial charge on any atom is 0.160 e. The number of aromatic nitrogens is 4. The minimum atomic E-state index is 0.710. The monoisotopic (exact) mass is 764 g/mol. The Kier molecular flexibility index (Phi) is 7.82. The molecule has 9 aromatic carbocycles. The molecule has 0 saturated carbocycles. The van der Waals surface area contributed by atoms with Crippen LogP contribution >= 0.6 is 0 Å². The summed E-state index contributed by atoms with van der Waals surface area (Å²) in [5.41, 5.74) is 14.3. The van der Waals surface area contributed by atoms with Gasteiger partial charge in [-0.15, -0.1) is 0 Å². The maximum absolute atomic E-state index is 5.10. The molecule has 3 heterocycles. The summed E-state index contributed by atoms with van der Waals surface area (Å²) in [5, 5.41) is 7.39. The van der Waals surface area contributed by atoms with E-state index in [9.17, 15) is 0 Å². The summed E-state index contributed by atoms with van der Waals surface area (Å²) in [6.45, 7) is 0. The van der Waals surface area contributed by atoms with Gasteiger partial charge in [0.05, 0.1) is 33.5 Å². The molecule has 4 heteroatoms. The average molecular weight is 765 g/mol. The van der Waals surface area contributed by atoms with E-state index in [1.807, 2.05) is 24.3 Å². The van der Waals surface area contributed by atoms with Gasteiger partial charge in [0.25, 0.3) is 0 Å². The van der Waals surface area contributed by atoms with Crippen molar-refractivity contribution in [3.05, 3.63) is 218 Å². The smallest absolute Gasteiger partial charge is 0.160 e. The highest BCUT2D eigenvalue weighted by atomic mass is 15.0. The van der Waals surface area contributed by atoms with Crippen LogP contribution in [0.2, 0.25) is 0 Å². The standard InChI is InChI=1S/C56H36N4/c1-4-14-37(15-5-1)50-36-51(58-56(57-50)39-16-6-2-7-17-39)38-24-28-45(29-25-38)60-54-31-27-43(34-48(54)49-32-40-18-10-11-19-41(40)35-55(49)60)42-26-30-53-47(33-42)46-22-12-13-23-52(46)59(53)44-20-8-3-9-21-44/h1-36H. The first kappa shape index (κ1) is 34.0. The summed E-state index contributed by atoms with van der Waals surface area (Å²) in [6.07, 6.45) is 0. The molecule has 0 fully saturated rings. The Labute approximate surface area is 346 Å². The Hall–Kier alpha value is -8.08. The molecule has 0 spiro atoms.